The van der Waals surface area contributed by atoms with Gasteiger partial charge in [-0.2, -0.15) is 0 Å². The molecule has 5 nitrogen and oxygen atoms in total. The van der Waals surface area contributed by atoms with Gasteiger partial charge in [0.2, 0.25) is 0 Å². The van der Waals surface area contributed by atoms with E-state index in [0.29, 0.717) is 10.9 Å². The molecule has 4 rings (SSSR count). The SMILES string of the molecule is NC(=O)C1CN([C@H](c2cccc(Cl)c2)[C@@H]2C[C@@H]2c2ccccc2)C(=O)O1. The molecule has 2 aromatic carbocycles. The fraction of sp³-hybridized carbons (Fsp3) is 0.300. The molecule has 2 aliphatic rings. The Labute approximate surface area is 156 Å². The van der Waals surface area contributed by atoms with Gasteiger partial charge < -0.3 is 10.5 Å². The average molecular weight is 371 g/mol. The lowest BCUT2D eigenvalue weighted by Crippen LogP contribution is -2.35. The summed E-state index contributed by atoms with van der Waals surface area (Å²) in [5.74, 6) is -0.0169. The van der Waals surface area contributed by atoms with Crippen molar-refractivity contribution in [1.29, 1.82) is 0 Å². The van der Waals surface area contributed by atoms with Gasteiger partial charge in [-0.15, -0.1) is 0 Å². The molecule has 1 aliphatic carbocycles. The molecule has 2 N–H and O–H groups in total. The Morgan fingerprint density at radius 3 is 2.62 bits per heavy atom. The first kappa shape index (κ1) is 16.9. The zero-order valence-corrected chi connectivity index (χ0v) is 14.8. The third kappa shape index (κ3) is 3.15. The summed E-state index contributed by atoms with van der Waals surface area (Å²) in [5.41, 5.74) is 7.53. The highest BCUT2D eigenvalue weighted by Gasteiger charge is 2.51. The number of halogens is 1. The third-order valence-electron chi connectivity index (χ3n) is 5.16. The van der Waals surface area contributed by atoms with Crippen molar-refractivity contribution in [2.24, 2.45) is 11.7 Å². The number of primary amides is 1. The maximum Gasteiger partial charge on any atom is 0.411 e. The summed E-state index contributed by atoms with van der Waals surface area (Å²) < 4.78 is 5.17. The Balaban J connectivity index is 1.65. The Bertz CT molecular complexity index is 842. The lowest BCUT2D eigenvalue weighted by Gasteiger charge is -2.27. The monoisotopic (exact) mass is 370 g/mol. The molecule has 1 saturated heterocycles. The van der Waals surface area contributed by atoms with Crippen molar-refractivity contribution in [1.82, 2.24) is 4.90 Å². The van der Waals surface area contributed by atoms with Gasteiger partial charge in [0.15, 0.2) is 6.10 Å². The molecule has 0 aromatic heterocycles. The maximum absolute atomic E-state index is 12.4. The largest absolute Gasteiger partial charge is 0.434 e. The highest BCUT2D eigenvalue weighted by Crippen LogP contribution is 2.56. The van der Waals surface area contributed by atoms with Crippen LogP contribution >= 0.6 is 11.6 Å². The van der Waals surface area contributed by atoms with E-state index in [-0.39, 0.29) is 18.5 Å². The fourth-order valence-corrected chi connectivity index (χ4v) is 4.05. The van der Waals surface area contributed by atoms with Crippen LogP contribution in [0.3, 0.4) is 0 Å². The molecule has 26 heavy (non-hydrogen) atoms. The Kier molecular flexibility index (Phi) is 4.32. The molecule has 0 radical (unpaired) electrons. The minimum atomic E-state index is -0.905. The standard InChI is InChI=1S/C20H19ClN2O3/c21-14-8-4-7-13(9-14)18(23-11-17(19(22)24)26-20(23)25)16-10-15(16)12-5-2-1-3-6-12/h1-9,15-18H,10-11H2,(H2,22,24)/t15-,16-,17?,18-/m1/s1. The van der Waals surface area contributed by atoms with Gasteiger partial charge in [0.1, 0.15) is 0 Å². The van der Waals surface area contributed by atoms with Crippen LogP contribution in [0.5, 0.6) is 0 Å². The molecular formula is C20H19ClN2O3. The lowest BCUT2D eigenvalue weighted by molar-refractivity contribution is -0.124. The minimum absolute atomic E-state index is 0.170. The van der Waals surface area contributed by atoms with E-state index < -0.39 is 18.1 Å². The van der Waals surface area contributed by atoms with Crippen LogP contribution in [0.15, 0.2) is 54.6 Å². The Hall–Kier alpha value is -2.53. The van der Waals surface area contributed by atoms with Gasteiger partial charge in [0.05, 0.1) is 12.6 Å². The quantitative estimate of drug-likeness (QED) is 0.875. The normalized spacial score (nSPS) is 25.7. The van der Waals surface area contributed by atoms with Crippen LogP contribution in [-0.4, -0.2) is 29.5 Å². The Morgan fingerprint density at radius 2 is 1.96 bits per heavy atom. The second-order valence-electron chi connectivity index (χ2n) is 6.84. The van der Waals surface area contributed by atoms with Gasteiger partial charge in [0.25, 0.3) is 5.91 Å². The minimum Gasteiger partial charge on any atom is -0.434 e. The molecule has 134 valence electrons. The maximum atomic E-state index is 12.4. The van der Waals surface area contributed by atoms with Crippen LogP contribution in [0.1, 0.15) is 29.5 Å². The number of nitrogens with two attached hydrogens (primary N) is 1. The summed E-state index contributed by atoms with van der Waals surface area (Å²) >= 11 is 6.18. The molecule has 1 heterocycles. The number of hydrogen-bond donors (Lipinski definition) is 1. The zero-order chi connectivity index (χ0) is 18.3. The second-order valence-corrected chi connectivity index (χ2v) is 7.28. The molecule has 1 aliphatic heterocycles. The van der Waals surface area contributed by atoms with Gasteiger partial charge in [-0.3, -0.25) is 9.69 Å². The van der Waals surface area contributed by atoms with E-state index in [1.165, 1.54) is 5.56 Å². The molecule has 2 aromatic rings. The van der Waals surface area contributed by atoms with Crippen LogP contribution in [0.25, 0.3) is 0 Å². The van der Waals surface area contributed by atoms with Crippen molar-refractivity contribution in [3.63, 3.8) is 0 Å². The predicted molar refractivity (Wildman–Crippen MR) is 97.7 cm³/mol. The number of amides is 2. The predicted octanol–water partition coefficient (Wildman–Crippen LogP) is 3.49. The van der Waals surface area contributed by atoms with E-state index in [2.05, 4.69) is 12.1 Å². The van der Waals surface area contributed by atoms with E-state index in [1.54, 1.807) is 11.0 Å². The Morgan fingerprint density at radius 1 is 1.19 bits per heavy atom. The first-order valence-corrected chi connectivity index (χ1v) is 8.99. The highest BCUT2D eigenvalue weighted by atomic mass is 35.5. The van der Waals surface area contributed by atoms with Crippen LogP contribution < -0.4 is 5.73 Å². The van der Waals surface area contributed by atoms with Crippen LogP contribution in [0.4, 0.5) is 4.79 Å². The van der Waals surface area contributed by atoms with Crippen LogP contribution in [0, 0.1) is 5.92 Å². The number of ether oxygens (including phenoxy) is 1. The summed E-state index contributed by atoms with van der Waals surface area (Å²) in [5, 5.41) is 0.614. The molecule has 0 spiro atoms. The van der Waals surface area contributed by atoms with Gasteiger partial charge in [0, 0.05) is 5.02 Å². The summed E-state index contributed by atoms with van der Waals surface area (Å²) in [7, 11) is 0. The summed E-state index contributed by atoms with van der Waals surface area (Å²) in [4.78, 5) is 25.5. The molecule has 2 fully saturated rings. The van der Waals surface area contributed by atoms with Crippen LogP contribution in [-0.2, 0) is 9.53 Å². The molecular weight excluding hydrogens is 352 g/mol. The van der Waals surface area contributed by atoms with Gasteiger partial charge in [-0.05, 0) is 41.5 Å². The summed E-state index contributed by atoms with van der Waals surface area (Å²) in [6, 6.07) is 17.6. The number of hydrogen-bond acceptors (Lipinski definition) is 3. The smallest absolute Gasteiger partial charge is 0.411 e. The summed E-state index contributed by atoms with van der Waals surface area (Å²) in [6.07, 6.45) is -0.442. The molecule has 4 atom stereocenters. The fourth-order valence-electron chi connectivity index (χ4n) is 3.85. The van der Waals surface area contributed by atoms with E-state index in [0.717, 1.165) is 12.0 Å². The highest BCUT2D eigenvalue weighted by molar-refractivity contribution is 6.30. The van der Waals surface area contributed by atoms with Crippen molar-refractivity contribution >= 4 is 23.6 Å². The zero-order valence-electron chi connectivity index (χ0n) is 14.0. The van der Waals surface area contributed by atoms with Gasteiger partial charge >= 0.3 is 6.09 Å². The number of carbonyl (C=O) groups excluding carboxylic acids is 2. The number of benzene rings is 2. The van der Waals surface area contributed by atoms with Crippen LogP contribution in [0.2, 0.25) is 5.02 Å². The van der Waals surface area contributed by atoms with E-state index >= 15 is 0 Å². The number of cyclic esters (lactones) is 1. The number of nitrogens with zero attached hydrogens (tertiary/aromatic N) is 1. The molecule has 1 unspecified atom stereocenters. The second kappa shape index (κ2) is 6.65. The van der Waals surface area contributed by atoms with E-state index in [9.17, 15) is 9.59 Å². The third-order valence-corrected chi connectivity index (χ3v) is 5.39. The van der Waals surface area contributed by atoms with Gasteiger partial charge in [-0.25, -0.2) is 4.79 Å². The molecule has 1 saturated carbocycles. The van der Waals surface area contributed by atoms with Crippen molar-refractivity contribution < 1.29 is 14.3 Å². The van der Waals surface area contributed by atoms with E-state index in [4.69, 9.17) is 22.1 Å². The number of carbonyl (C=O) groups is 2. The van der Waals surface area contributed by atoms with E-state index in [1.807, 2.05) is 36.4 Å². The van der Waals surface area contributed by atoms with Crippen molar-refractivity contribution in [3.8, 4) is 0 Å². The first-order chi connectivity index (χ1) is 12.5. The molecule has 0 bridgehead atoms. The first-order valence-electron chi connectivity index (χ1n) is 8.61. The van der Waals surface area contributed by atoms with Gasteiger partial charge in [-0.1, -0.05) is 54.1 Å². The molecule has 6 heteroatoms. The van der Waals surface area contributed by atoms with Crippen molar-refractivity contribution in [3.05, 3.63) is 70.7 Å². The average Bonchev–Trinajstić information content (AvgIpc) is 3.32. The number of rotatable bonds is 5. The summed E-state index contributed by atoms with van der Waals surface area (Å²) in [6.45, 7) is 0.170. The van der Waals surface area contributed by atoms with Crippen molar-refractivity contribution in [2.45, 2.75) is 24.5 Å². The lowest BCUT2D eigenvalue weighted by atomic mass is 9.97. The van der Waals surface area contributed by atoms with Crippen molar-refractivity contribution in [2.75, 3.05) is 6.54 Å². The topological polar surface area (TPSA) is 72.6 Å². The molecule has 2 amide bonds.